The quantitative estimate of drug-likeness (QED) is 0.655. The summed E-state index contributed by atoms with van der Waals surface area (Å²) in [4.78, 5) is 13.1. The van der Waals surface area contributed by atoms with Crippen molar-refractivity contribution in [3.05, 3.63) is 0 Å². The molecule has 0 aromatic rings. The van der Waals surface area contributed by atoms with E-state index in [1.54, 1.807) is 12.0 Å². The number of ether oxygens (including phenoxy) is 2. The van der Waals surface area contributed by atoms with E-state index in [0.717, 1.165) is 12.8 Å². The fourth-order valence-electron chi connectivity index (χ4n) is 1.49. The van der Waals surface area contributed by atoms with Crippen LogP contribution in [-0.2, 0) is 9.47 Å². The van der Waals surface area contributed by atoms with Crippen LogP contribution in [-0.4, -0.2) is 44.4 Å². The standard InChI is InChI=1S/C10H16N2O3/c1-14-6-7-15-10(13)12-4-2-9(8-11)3-5-12/h9H,2-7H2,1H3. The molecule has 5 nitrogen and oxygen atoms in total. The molecule has 1 fully saturated rings. The Morgan fingerprint density at radius 2 is 2.13 bits per heavy atom. The topological polar surface area (TPSA) is 62.6 Å². The number of piperidine rings is 1. The highest BCUT2D eigenvalue weighted by Gasteiger charge is 2.23. The van der Waals surface area contributed by atoms with Gasteiger partial charge >= 0.3 is 6.09 Å². The van der Waals surface area contributed by atoms with Gasteiger partial charge < -0.3 is 14.4 Å². The van der Waals surface area contributed by atoms with E-state index in [1.165, 1.54) is 0 Å². The van der Waals surface area contributed by atoms with Gasteiger partial charge in [-0.05, 0) is 12.8 Å². The number of likely N-dealkylation sites (tertiary alicyclic amines) is 1. The number of carbonyl (C=O) groups is 1. The molecule has 5 heteroatoms. The maximum Gasteiger partial charge on any atom is 0.409 e. The predicted octanol–water partition coefficient (Wildman–Crippen LogP) is 1.00. The molecule has 0 saturated carbocycles. The van der Waals surface area contributed by atoms with E-state index in [4.69, 9.17) is 14.7 Å². The van der Waals surface area contributed by atoms with Crippen LogP contribution in [0.2, 0.25) is 0 Å². The Morgan fingerprint density at radius 3 is 2.67 bits per heavy atom. The minimum Gasteiger partial charge on any atom is -0.447 e. The van der Waals surface area contributed by atoms with Crippen LogP contribution in [0.3, 0.4) is 0 Å². The molecule has 0 aromatic heterocycles. The highest BCUT2D eigenvalue weighted by Crippen LogP contribution is 2.16. The van der Waals surface area contributed by atoms with Crippen LogP contribution in [0.5, 0.6) is 0 Å². The first-order chi connectivity index (χ1) is 7.27. The number of nitriles is 1. The Kier molecular flexibility index (Phi) is 4.91. The van der Waals surface area contributed by atoms with Crippen LogP contribution in [0.4, 0.5) is 4.79 Å². The minimum atomic E-state index is -0.302. The largest absolute Gasteiger partial charge is 0.447 e. The second kappa shape index (κ2) is 6.25. The fraction of sp³-hybridized carbons (Fsp3) is 0.800. The van der Waals surface area contributed by atoms with Crippen molar-refractivity contribution in [1.29, 1.82) is 5.26 Å². The Labute approximate surface area is 89.6 Å². The summed E-state index contributed by atoms with van der Waals surface area (Å²) in [5, 5.41) is 8.69. The van der Waals surface area contributed by atoms with Gasteiger partial charge in [-0.15, -0.1) is 0 Å². The molecule has 1 rings (SSSR count). The lowest BCUT2D eigenvalue weighted by Gasteiger charge is -2.28. The van der Waals surface area contributed by atoms with Crippen LogP contribution >= 0.6 is 0 Å². The Balaban J connectivity index is 2.21. The second-order valence-electron chi connectivity index (χ2n) is 3.50. The molecule has 1 saturated heterocycles. The average Bonchev–Trinajstić information content (AvgIpc) is 2.29. The number of hydrogen-bond donors (Lipinski definition) is 0. The summed E-state index contributed by atoms with van der Waals surface area (Å²) >= 11 is 0. The molecule has 1 aliphatic rings. The van der Waals surface area contributed by atoms with Crippen molar-refractivity contribution in [2.24, 2.45) is 5.92 Å². The second-order valence-corrected chi connectivity index (χ2v) is 3.50. The van der Waals surface area contributed by atoms with E-state index in [0.29, 0.717) is 19.7 Å². The third kappa shape index (κ3) is 3.76. The van der Waals surface area contributed by atoms with Crippen molar-refractivity contribution in [3.8, 4) is 6.07 Å². The average molecular weight is 212 g/mol. The fourth-order valence-corrected chi connectivity index (χ4v) is 1.49. The Bertz CT molecular complexity index is 242. The van der Waals surface area contributed by atoms with Gasteiger partial charge in [0, 0.05) is 26.1 Å². The van der Waals surface area contributed by atoms with Gasteiger partial charge in [-0.2, -0.15) is 5.26 Å². The van der Waals surface area contributed by atoms with Crippen LogP contribution in [0.25, 0.3) is 0 Å². The lowest BCUT2D eigenvalue weighted by atomic mass is 9.99. The molecule has 1 aliphatic heterocycles. The molecule has 84 valence electrons. The number of hydrogen-bond acceptors (Lipinski definition) is 4. The number of carbonyl (C=O) groups excluding carboxylic acids is 1. The van der Waals surface area contributed by atoms with Gasteiger partial charge in [0.05, 0.1) is 12.7 Å². The zero-order valence-electron chi connectivity index (χ0n) is 8.94. The van der Waals surface area contributed by atoms with Gasteiger partial charge in [0.15, 0.2) is 0 Å². The maximum atomic E-state index is 11.4. The first kappa shape index (κ1) is 11.8. The third-order valence-corrected chi connectivity index (χ3v) is 2.45. The zero-order chi connectivity index (χ0) is 11.1. The molecule has 1 heterocycles. The predicted molar refractivity (Wildman–Crippen MR) is 53.1 cm³/mol. The third-order valence-electron chi connectivity index (χ3n) is 2.45. The molecular formula is C10H16N2O3. The summed E-state index contributed by atoms with van der Waals surface area (Å²) in [6.45, 7) is 1.93. The molecule has 0 aromatic carbocycles. The Morgan fingerprint density at radius 1 is 1.47 bits per heavy atom. The Hall–Kier alpha value is -1.28. The number of methoxy groups -OCH3 is 1. The van der Waals surface area contributed by atoms with E-state index >= 15 is 0 Å². The number of amides is 1. The molecule has 0 aliphatic carbocycles. The van der Waals surface area contributed by atoms with Gasteiger partial charge in [0.2, 0.25) is 0 Å². The van der Waals surface area contributed by atoms with E-state index in [1.807, 2.05) is 0 Å². The van der Waals surface area contributed by atoms with Gasteiger partial charge in [-0.3, -0.25) is 0 Å². The highest BCUT2D eigenvalue weighted by atomic mass is 16.6. The van der Waals surface area contributed by atoms with Gasteiger partial charge in [-0.25, -0.2) is 4.79 Å². The van der Waals surface area contributed by atoms with Crippen molar-refractivity contribution in [2.75, 3.05) is 33.4 Å². The van der Waals surface area contributed by atoms with Gasteiger partial charge in [-0.1, -0.05) is 0 Å². The van der Waals surface area contributed by atoms with Crippen LogP contribution < -0.4 is 0 Å². The van der Waals surface area contributed by atoms with Gasteiger partial charge in [0.25, 0.3) is 0 Å². The monoisotopic (exact) mass is 212 g/mol. The summed E-state index contributed by atoms with van der Waals surface area (Å²) in [6, 6.07) is 2.22. The van der Waals surface area contributed by atoms with Crippen LogP contribution in [0.15, 0.2) is 0 Å². The molecule has 0 unspecified atom stereocenters. The molecule has 0 bridgehead atoms. The normalized spacial score (nSPS) is 17.2. The van der Waals surface area contributed by atoms with Crippen molar-refractivity contribution in [2.45, 2.75) is 12.8 Å². The highest BCUT2D eigenvalue weighted by molar-refractivity contribution is 5.67. The summed E-state index contributed by atoms with van der Waals surface area (Å²) in [5.41, 5.74) is 0. The van der Waals surface area contributed by atoms with Gasteiger partial charge in [0.1, 0.15) is 6.61 Å². The minimum absolute atomic E-state index is 0.0908. The van der Waals surface area contributed by atoms with Crippen LogP contribution in [0.1, 0.15) is 12.8 Å². The SMILES string of the molecule is COCCOC(=O)N1CCC(C#N)CC1. The molecule has 15 heavy (non-hydrogen) atoms. The molecule has 0 N–H and O–H groups in total. The number of rotatable bonds is 3. The molecule has 1 amide bonds. The maximum absolute atomic E-state index is 11.4. The smallest absolute Gasteiger partial charge is 0.409 e. The summed E-state index contributed by atoms with van der Waals surface area (Å²) in [6.07, 6.45) is 1.19. The molecule has 0 spiro atoms. The first-order valence-corrected chi connectivity index (χ1v) is 5.08. The van der Waals surface area contributed by atoms with E-state index < -0.39 is 0 Å². The van der Waals surface area contributed by atoms with E-state index in [-0.39, 0.29) is 18.6 Å². The number of nitrogens with zero attached hydrogens (tertiary/aromatic N) is 2. The van der Waals surface area contributed by atoms with E-state index in [9.17, 15) is 4.79 Å². The van der Waals surface area contributed by atoms with Crippen molar-refractivity contribution in [3.63, 3.8) is 0 Å². The van der Waals surface area contributed by atoms with Crippen molar-refractivity contribution in [1.82, 2.24) is 4.90 Å². The lowest BCUT2D eigenvalue weighted by Crippen LogP contribution is -2.38. The zero-order valence-corrected chi connectivity index (χ0v) is 8.94. The molecule has 0 radical (unpaired) electrons. The van der Waals surface area contributed by atoms with Crippen molar-refractivity contribution >= 4 is 6.09 Å². The van der Waals surface area contributed by atoms with Crippen LogP contribution in [0, 0.1) is 17.2 Å². The summed E-state index contributed by atoms with van der Waals surface area (Å²) in [7, 11) is 1.56. The lowest BCUT2D eigenvalue weighted by molar-refractivity contribution is 0.0651. The first-order valence-electron chi connectivity index (χ1n) is 5.08. The van der Waals surface area contributed by atoms with Crippen molar-refractivity contribution < 1.29 is 14.3 Å². The molecule has 0 atom stereocenters. The molecular weight excluding hydrogens is 196 g/mol. The summed E-state index contributed by atoms with van der Waals surface area (Å²) in [5.74, 6) is 0.0908. The van der Waals surface area contributed by atoms with E-state index in [2.05, 4.69) is 6.07 Å². The summed E-state index contributed by atoms with van der Waals surface area (Å²) < 4.78 is 9.75.